The van der Waals surface area contributed by atoms with Crippen LogP contribution in [-0.2, 0) is 6.42 Å². The van der Waals surface area contributed by atoms with Gasteiger partial charge in [0.2, 0.25) is 0 Å². The molecule has 0 saturated heterocycles. The van der Waals surface area contributed by atoms with Crippen LogP contribution in [0.3, 0.4) is 0 Å². The van der Waals surface area contributed by atoms with E-state index in [9.17, 15) is 5.11 Å². The van der Waals surface area contributed by atoms with Crippen LogP contribution >= 0.6 is 0 Å². The van der Waals surface area contributed by atoms with Gasteiger partial charge in [-0.25, -0.2) is 4.98 Å². The van der Waals surface area contributed by atoms with Crippen molar-refractivity contribution in [3.63, 3.8) is 0 Å². The number of aryl methyl sites for hydroxylation is 1. The number of anilines is 1. The maximum atomic E-state index is 9.88. The van der Waals surface area contributed by atoms with Gasteiger partial charge >= 0.3 is 0 Å². The highest BCUT2D eigenvalue weighted by Crippen LogP contribution is 2.33. The minimum absolute atomic E-state index is 0.254. The van der Waals surface area contributed by atoms with E-state index in [4.69, 9.17) is 5.73 Å². The summed E-state index contributed by atoms with van der Waals surface area (Å²) in [6.07, 6.45) is 1.88. The number of phenols is 1. The molecule has 0 atom stereocenters. The Labute approximate surface area is 104 Å². The number of nitrogens with one attached hydrogen (secondary N) is 1. The quantitative estimate of drug-likeness (QED) is 0.645. The van der Waals surface area contributed by atoms with E-state index in [2.05, 4.69) is 16.9 Å². The molecule has 1 aromatic carbocycles. The summed E-state index contributed by atoms with van der Waals surface area (Å²) in [4.78, 5) is 7.64. The van der Waals surface area contributed by atoms with Gasteiger partial charge in [-0.15, -0.1) is 0 Å². The molecule has 18 heavy (non-hydrogen) atoms. The number of hydrogen-bond donors (Lipinski definition) is 3. The normalized spacial score (nSPS) is 11.4. The molecule has 0 fully saturated rings. The average Bonchev–Trinajstić information content (AvgIpc) is 2.70. The fourth-order valence-corrected chi connectivity index (χ4v) is 2.41. The van der Waals surface area contributed by atoms with Crippen LogP contribution in [0.15, 0.2) is 24.3 Å². The van der Waals surface area contributed by atoms with E-state index in [1.807, 2.05) is 18.2 Å². The van der Waals surface area contributed by atoms with Crippen molar-refractivity contribution in [2.45, 2.75) is 19.8 Å². The van der Waals surface area contributed by atoms with Gasteiger partial charge in [-0.1, -0.05) is 25.5 Å². The SMILES string of the molecule is CCCc1nc(N)cc2c1[nH]c1c(O)cccc12. The molecule has 2 heterocycles. The van der Waals surface area contributed by atoms with Gasteiger partial charge in [-0.2, -0.15) is 0 Å². The molecule has 4 nitrogen and oxygen atoms in total. The first-order valence-corrected chi connectivity index (χ1v) is 6.09. The fourth-order valence-electron chi connectivity index (χ4n) is 2.41. The Kier molecular flexibility index (Phi) is 2.37. The number of aromatic nitrogens is 2. The number of H-pyrrole nitrogens is 1. The predicted octanol–water partition coefficient (Wildman–Crippen LogP) is 2.96. The molecule has 0 spiro atoms. The summed E-state index contributed by atoms with van der Waals surface area (Å²) in [6, 6.07) is 7.34. The summed E-state index contributed by atoms with van der Waals surface area (Å²) < 4.78 is 0. The Hall–Kier alpha value is -2.23. The van der Waals surface area contributed by atoms with Gasteiger partial charge < -0.3 is 15.8 Å². The number of nitrogens with two attached hydrogens (primary N) is 1. The molecule has 0 unspecified atom stereocenters. The van der Waals surface area contributed by atoms with Crippen molar-refractivity contribution in [3.05, 3.63) is 30.0 Å². The lowest BCUT2D eigenvalue weighted by molar-refractivity contribution is 0.480. The van der Waals surface area contributed by atoms with Crippen molar-refractivity contribution in [2.24, 2.45) is 0 Å². The van der Waals surface area contributed by atoms with E-state index < -0.39 is 0 Å². The van der Waals surface area contributed by atoms with Crippen LogP contribution in [0.4, 0.5) is 5.82 Å². The maximum absolute atomic E-state index is 9.88. The molecule has 3 rings (SSSR count). The topological polar surface area (TPSA) is 74.9 Å². The number of pyridine rings is 1. The van der Waals surface area contributed by atoms with Crippen LogP contribution in [0.5, 0.6) is 5.75 Å². The van der Waals surface area contributed by atoms with Gasteiger partial charge in [-0.3, -0.25) is 0 Å². The molecule has 0 bridgehead atoms. The van der Waals surface area contributed by atoms with Crippen molar-refractivity contribution in [1.82, 2.24) is 9.97 Å². The molecule has 0 saturated carbocycles. The number of rotatable bonds is 2. The molecule has 2 aromatic heterocycles. The molecule has 0 aliphatic rings. The summed E-state index contributed by atoms with van der Waals surface area (Å²) in [6.45, 7) is 2.11. The highest BCUT2D eigenvalue weighted by molar-refractivity contribution is 6.10. The molecule has 0 aliphatic heterocycles. The molecule has 4 N–H and O–H groups in total. The number of para-hydroxylation sites is 1. The summed E-state index contributed by atoms with van der Waals surface area (Å²) in [7, 11) is 0. The third-order valence-electron chi connectivity index (χ3n) is 3.18. The zero-order chi connectivity index (χ0) is 12.7. The van der Waals surface area contributed by atoms with Crippen LogP contribution in [0.2, 0.25) is 0 Å². The lowest BCUT2D eigenvalue weighted by Gasteiger charge is -2.02. The van der Waals surface area contributed by atoms with Crippen molar-refractivity contribution >= 4 is 27.6 Å². The summed E-state index contributed by atoms with van der Waals surface area (Å²) in [5, 5.41) is 11.9. The van der Waals surface area contributed by atoms with Gasteiger partial charge in [0.15, 0.2) is 0 Å². The zero-order valence-electron chi connectivity index (χ0n) is 10.2. The lowest BCUT2D eigenvalue weighted by Crippen LogP contribution is -1.96. The van der Waals surface area contributed by atoms with Gasteiger partial charge in [0.25, 0.3) is 0 Å². The maximum Gasteiger partial charge on any atom is 0.139 e. The van der Waals surface area contributed by atoms with Crippen LogP contribution in [0, 0.1) is 0 Å². The molecule has 0 amide bonds. The predicted molar refractivity (Wildman–Crippen MR) is 73.7 cm³/mol. The lowest BCUT2D eigenvalue weighted by atomic mass is 10.1. The van der Waals surface area contributed by atoms with E-state index in [-0.39, 0.29) is 5.75 Å². The van der Waals surface area contributed by atoms with Crippen LogP contribution in [0.1, 0.15) is 19.0 Å². The molecule has 0 aliphatic carbocycles. The average molecular weight is 241 g/mol. The minimum Gasteiger partial charge on any atom is -0.506 e. The van der Waals surface area contributed by atoms with E-state index in [0.717, 1.165) is 40.3 Å². The Morgan fingerprint density at radius 1 is 1.28 bits per heavy atom. The van der Waals surface area contributed by atoms with E-state index in [0.29, 0.717) is 5.82 Å². The highest BCUT2D eigenvalue weighted by atomic mass is 16.3. The van der Waals surface area contributed by atoms with E-state index >= 15 is 0 Å². The number of phenolic OH excluding ortho intramolecular Hbond substituents is 1. The van der Waals surface area contributed by atoms with Gasteiger partial charge in [0.1, 0.15) is 11.6 Å². The molecular formula is C14H15N3O. The number of aromatic amines is 1. The minimum atomic E-state index is 0.254. The smallest absolute Gasteiger partial charge is 0.139 e. The Morgan fingerprint density at radius 2 is 2.11 bits per heavy atom. The summed E-state index contributed by atoms with van der Waals surface area (Å²) in [5.74, 6) is 0.778. The first-order valence-electron chi connectivity index (χ1n) is 6.09. The monoisotopic (exact) mass is 241 g/mol. The van der Waals surface area contributed by atoms with Crippen LogP contribution < -0.4 is 5.73 Å². The molecular weight excluding hydrogens is 226 g/mol. The van der Waals surface area contributed by atoms with Crippen molar-refractivity contribution < 1.29 is 5.11 Å². The number of nitrogens with zero attached hydrogens (tertiary/aromatic N) is 1. The third kappa shape index (κ3) is 1.49. The number of hydrogen-bond acceptors (Lipinski definition) is 3. The summed E-state index contributed by atoms with van der Waals surface area (Å²) in [5.41, 5.74) is 8.54. The highest BCUT2D eigenvalue weighted by Gasteiger charge is 2.12. The Morgan fingerprint density at radius 3 is 2.89 bits per heavy atom. The first kappa shape index (κ1) is 10.9. The largest absolute Gasteiger partial charge is 0.506 e. The van der Waals surface area contributed by atoms with Crippen LogP contribution in [-0.4, -0.2) is 15.1 Å². The van der Waals surface area contributed by atoms with Crippen LogP contribution in [0.25, 0.3) is 21.8 Å². The Bertz CT molecular complexity index is 731. The summed E-state index contributed by atoms with van der Waals surface area (Å²) >= 11 is 0. The van der Waals surface area contributed by atoms with Gasteiger partial charge in [0.05, 0.1) is 16.7 Å². The molecule has 92 valence electrons. The first-order chi connectivity index (χ1) is 8.70. The van der Waals surface area contributed by atoms with Crippen molar-refractivity contribution in [2.75, 3.05) is 5.73 Å². The van der Waals surface area contributed by atoms with Gasteiger partial charge in [0, 0.05) is 10.8 Å². The number of aromatic hydroxyl groups is 1. The zero-order valence-corrected chi connectivity index (χ0v) is 10.2. The molecule has 3 aromatic rings. The second kappa shape index (κ2) is 3.91. The number of nitrogen functional groups attached to an aromatic ring is 1. The third-order valence-corrected chi connectivity index (χ3v) is 3.18. The number of benzene rings is 1. The Balaban J connectivity index is 2.45. The van der Waals surface area contributed by atoms with Gasteiger partial charge in [-0.05, 0) is 18.6 Å². The second-order valence-corrected chi connectivity index (χ2v) is 4.49. The van der Waals surface area contributed by atoms with E-state index in [1.165, 1.54) is 0 Å². The van der Waals surface area contributed by atoms with Crippen molar-refractivity contribution in [3.8, 4) is 5.75 Å². The fraction of sp³-hybridized carbons (Fsp3) is 0.214. The van der Waals surface area contributed by atoms with Crippen molar-refractivity contribution in [1.29, 1.82) is 0 Å². The molecule has 0 radical (unpaired) electrons. The van der Waals surface area contributed by atoms with E-state index in [1.54, 1.807) is 6.07 Å². The second-order valence-electron chi connectivity index (χ2n) is 4.49. The molecule has 4 heteroatoms. The standard InChI is InChI=1S/C14H15N3O/c1-2-4-10-13-9(7-12(15)16-10)8-5-3-6-11(18)14(8)17-13/h3,5-7,17-18H,2,4H2,1H3,(H2,15,16). The number of fused-ring (bicyclic) bond motifs is 3.